The summed E-state index contributed by atoms with van der Waals surface area (Å²) < 4.78 is 49.9. The highest BCUT2D eigenvalue weighted by molar-refractivity contribution is 8.04. The number of carbonyl (C=O) groups excluding carboxylic acids is 1. The van der Waals surface area contributed by atoms with Gasteiger partial charge in [0.05, 0.1) is 6.61 Å². The lowest BCUT2D eigenvalue weighted by Crippen LogP contribution is -2.30. The van der Waals surface area contributed by atoms with E-state index in [0.29, 0.717) is 0 Å². The maximum Gasteiger partial charge on any atom is 0.331 e. The van der Waals surface area contributed by atoms with Crippen molar-refractivity contribution >= 4 is 26.7 Å². The lowest BCUT2D eigenvalue weighted by molar-refractivity contribution is -0.120. The van der Waals surface area contributed by atoms with Gasteiger partial charge in [-0.2, -0.15) is 16.8 Å². The summed E-state index contributed by atoms with van der Waals surface area (Å²) in [6.45, 7) is 1.69. The molecule has 0 rings (SSSR count). The minimum atomic E-state index is -4.47. The number of rotatable bonds is 6. The summed E-state index contributed by atoms with van der Waals surface area (Å²) in [6.07, 6.45) is 0. The molecule has 0 bridgehead atoms. The van der Waals surface area contributed by atoms with E-state index in [4.69, 9.17) is 0 Å². The summed E-state index contributed by atoms with van der Waals surface area (Å²) in [5.74, 6) is 0. The molecular weight excluding hydrogens is 236 g/mol. The molecule has 0 amide bonds. The van der Waals surface area contributed by atoms with Crippen LogP contribution in [-0.2, 0) is 33.4 Å². The van der Waals surface area contributed by atoms with E-state index in [1.54, 1.807) is 0 Å². The second-order valence-corrected chi connectivity index (χ2v) is 6.26. The first-order valence-corrected chi connectivity index (χ1v) is 6.46. The Hall–Kier alpha value is -0.670. The van der Waals surface area contributed by atoms with E-state index in [0.717, 1.165) is 6.92 Å². The monoisotopic (exact) mass is 246 g/mol. The zero-order valence-corrected chi connectivity index (χ0v) is 9.17. The van der Waals surface area contributed by atoms with Gasteiger partial charge < -0.3 is 4.18 Å². The Morgan fingerprint density at radius 1 is 1.21 bits per heavy atom. The van der Waals surface area contributed by atoms with Crippen LogP contribution in [0.25, 0.3) is 0 Å². The van der Waals surface area contributed by atoms with Gasteiger partial charge in [0.25, 0.3) is 10.1 Å². The van der Waals surface area contributed by atoms with Crippen molar-refractivity contribution in [2.24, 2.45) is 0 Å². The van der Waals surface area contributed by atoms with Crippen LogP contribution in [0.1, 0.15) is 13.8 Å². The molecule has 1 unspecified atom stereocenters. The van der Waals surface area contributed by atoms with Crippen molar-refractivity contribution in [2.75, 3.05) is 6.61 Å². The summed E-state index contributed by atoms with van der Waals surface area (Å²) in [5, 5.41) is 0. The molecule has 9 heteroatoms. The van der Waals surface area contributed by atoms with E-state index >= 15 is 0 Å². The predicted octanol–water partition coefficient (Wildman–Crippen LogP) is -0.798. The van der Waals surface area contributed by atoms with Crippen LogP contribution in [0.4, 0.5) is 0 Å². The topological polar surface area (TPSA) is 104 Å². The van der Waals surface area contributed by atoms with E-state index in [2.05, 4.69) is 8.37 Å². The van der Waals surface area contributed by atoms with Crippen LogP contribution < -0.4 is 0 Å². The highest BCUT2D eigenvalue weighted by Gasteiger charge is 2.35. The predicted molar refractivity (Wildman–Crippen MR) is 46.1 cm³/mol. The molecule has 0 N–H and O–H groups in total. The molecule has 0 aliphatic rings. The fourth-order valence-corrected chi connectivity index (χ4v) is 2.78. The third kappa shape index (κ3) is 3.24. The summed E-state index contributed by atoms with van der Waals surface area (Å²) >= 11 is 0. The largest absolute Gasteiger partial charge is 0.348 e. The molecule has 0 aliphatic heterocycles. The van der Waals surface area contributed by atoms with Gasteiger partial charge >= 0.3 is 16.6 Å². The lowest BCUT2D eigenvalue weighted by atomic mass is 10.9. The van der Waals surface area contributed by atoms with Gasteiger partial charge in [-0.25, -0.2) is 0 Å². The van der Waals surface area contributed by atoms with Crippen molar-refractivity contribution < 1.29 is 30.0 Å². The average Bonchev–Trinajstić information content (AvgIpc) is 2.02. The van der Waals surface area contributed by atoms with Crippen LogP contribution in [0.3, 0.4) is 0 Å². The van der Waals surface area contributed by atoms with Gasteiger partial charge in [0.15, 0.2) is 0 Å². The fraction of sp³-hybridized carbons (Fsp3) is 0.800. The molecule has 0 spiro atoms. The molecule has 0 heterocycles. The van der Waals surface area contributed by atoms with E-state index in [1.807, 2.05) is 0 Å². The smallest absolute Gasteiger partial charge is 0.331 e. The first-order chi connectivity index (χ1) is 6.28. The number of carbonyl (C=O) groups is 1. The van der Waals surface area contributed by atoms with Crippen molar-refractivity contribution in [3.05, 3.63) is 0 Å². The Labute approximate surface area is 82.3 Å². The molecule has 0 saturated carbocycles. The van der Waals surface area contributed by atoms with Crippen LogP contribution in [0.5, 0.6) is 0 Å². The summed E-state index contributed by atoms with van der Waals surface area (Å²) in [5.41, 5.74) is 0. The van der Waals surface area contributed by atoms with Crippen molar-refractivity contribution in [3.63, 3.8) is 0 Å². The summed E-state index contributed by atoms with van der Waals surface area (Å²) in [4.78, 5) is 9.77. The third-order valence-electron chi connectivity index (χ3n) is 1.27. The van der Waals surface area contributed by atoms with Gasteiger partial charge in [-0.05, 0) is 13.8 Å². The van der Waals surface area contributed by atoms with Crippen molar-refractivity contribution in [1.29, 1.82) is 0 Å². The molecule has 0 aromatic carbocycles. The first kappa shape index (κ1) is 13.3. The molecule has 1 atom stereocenters. The van der Waals surface area contributed by atoms with Crippen LogP contribution in [-0.4, -0.2) is 34.5 Å². The summed E-state index contributed by atoms with van der Waals surface area (Å²) in [6, 6.07) is 0. The van der Waals surface area contributed by atoms with Crippen molar-refractivity contribution in [1.82, 2.24) is 0 Å². The molecule has 0 fully saturated rings. The molecule has 84 valence electrons. The van der Waals surface area contributed by atoms with E-state index < -0.39 is 24.8 Å². The number of hydrogen-bond acceptors (Lipinski definition) is 7. The molecule has 0 aliphatic carbocycles. The van der Waals surface area contributed by atoms with Crippen molar-refractivity contribution in [2.45, 2.75) is 18.4 Å². The molecule has 0 aromatic heterocycles. The number of hydrogen-bond donors (Lipinski definition) is 0. The van der Waals surface area contributed by atoms with Crippen molar-refractivity contribution in [3.8, 4) is 0 Å². The molecule has 7 nitrogen and oxygen atoms in total. The SMILES string of the molecule is CCOS(=O)(=O)C(C)S(=O)(=O)OC=O. The van der Waals surface area contributed by atoms with E-state index in [1.165, 1.54) is 6.92 Å². The Morgan fingerprint density at radius 2 is 1.71 bits per heavy atom. The van der Waals surface area contributed by atoms with Crippen LogP contribution in [0, 0.1) is 0 Å². The standard InChI is InChI=1S/C5H10O7S2/c1-3-11-13(7,8)5(2)14(9,10)12-4-6/h4-5H,3H2,1-2H3. The zero-order chi connectivity index (χ0) is 11.4. The van der Waals surface area contributed by atoms with Crippen LogP contribution >= 0.6 is 0 Å². The Morgan fingerprint density at radius 3 is 2.07 bits per heavy atom. The second-order valence-electron chi connectivity index (χ2n) is 2.15. The van der Waals surface area contributed by atoms with Gasteiger partial charge in [-0.3, -0.25) is 8.98 Å². The van der Waals surface area contributed by atoms with Gasteiger partial charge in [0.1, 0.15) is 0 Å². The quantitative estimate of drug-likeness (QED) is 0.446. The van der Waals surface area contributed by atoms with E-state index in [-0.39, 0.29) is 13.1 Å². The van der Waals surface area contributed by atoms with E-state index in [9.17, 15) is 21.6 Å². The molecule has 0 aromatic rings. The second kappa shape index (κ2) is 4.71. The molecular formula is C5H10O7S2. The maximum atomic E-state index is 11.1. The maximum absolute atomic E-state index is 11.1. The normalized spacial score (nSPS) is 14.7. The molecule has 0 saturated heterocycles. The van der Waals surface area contributed by atoms with Gasteiger partial charge in [-0.1, -0.05) is 0 Å². The van der Waals surface area contributed by atoms with Gasteiger partial charge in [0.2, 0.25) is 4.58 Å². The Balaban J connectivity index is 4.96. The Kier molecular flexibility index (Phi) is 4.49. The fourth-order valence-electron chi connectivity index (χ4n) is 0.537. The van der Waals surface area contributed by atoms with Crippen LogP contribution in [0.15, 0.2) is 0 Å². The molecule has 0 radical (unpaired) electrons. The average molecular weight is 246 g/mol. The minimum Gasteiger partial charge on any atom is -0.348 e. The zero-order valence-electron chi connectivity index (χ0n) is 7.54. The lowest BCUT2D eigenvalue weighted by Gasteiger charge is -2.10. The third-order valence-corrected chi connectivity index (χ3v) is 5.22. The Bertz CT molecular complexity index is 378. The first-order valence-electron chi connectivity index (χ1n) is 3.52. The van der Waals surface area contributed by atoms with Gasteiger partial charge in [0, 0.05) is 0 Å². The van der Waals surface area contributed by atoms with Gasteiger partial charge in [-0.15, -0.1) is 0 Å². The summed E-state index contributed by atoms with van der Waals surface area (Å²) in [7, 11) is -8.73. The van der Waals surface area contributed by atoms with Crippen LogP contribution in [0.2, 0.25) is 0 Å². The highest BCUT2D eigenvalue weighted by Crippen LogP contribution is 2.12. The highest BCUT2D eigenvalue weighted by atomic mass is 32.3. The minimum absolute atomic E-state index is 0.191. The molecule has 14 heavy (non-hydrogen) atoms.